The number of hydrogen-bond donors (Lipinski definition) is 1. The van der Waals surface area contributed by atoms with Gasteiger partial charge in [0.25, 0.3) is 5.91 Å². The third-order valence-electron chi connectivity index (χ3n) is 9.47. The van der Waals surface area contributed by atoms with E-state index in [0.29, 0.717) is 37.8 Å². The molecule has 3 heterocycles. The molecule has 5 rings (SSSR count). The first kappa shape index (κ1) is 31.0. The number of benzene rings is 2. The van der Waals surface area contributed by atoms with Crippen LogP contribution in [0.5, 0.6) is 0 Å². The van der Waals surface area contributed by atoms with Crippen LogP contribution < -0.4 is 4.90 Å². The Balaban J connectivity index is 1.58. The van der Waals surface area contributed by atoms with Crippen LogP contribution in [0.1, 0.15) is 52.9 Å². The van der Waals surface area contributed by atoms with Crippen LogP contribution in [0.25, 0.3) is 10.8 Å². The molecule has 6 atom stereocenters. The van der Waals surface area contributed by atoms with Gasteiger partial charge in [-0.05, 0) is 67.9 Å². The molecule has 3 aliphatic rings. The highest BCUT2D eigenvalue weighted by molar-refractivity contribution is 6.05. The van der Waals surface area contributed by atoms with Crippen LogP contribution in [0.4, 0.5) is 5.69 Å². The number of aliphatic hydroxyl groups is 1. The van der Waals surface area contributed by atoms with Gasteiger partial charge < -0.3 is 24.4 Å². The Hall–Kier alpha value is -3.49. The SMILES string of the molecule is C=CCCCOC(=O)[C@H]1[C@H]2C(=O)N([C@@H](CO)CC(C)C)C(C(=O)N(CC=C)c3ccc4ccccc4c3)C23CC[C@]1(C)O3. The number of carbonyl (C=O) groups is 3. The summed E-state index contributed by atoms with van der Waals surface area (Å²) in [7, 11) is 0. The second kappa shape index (κ2) is 12.2. The predicted molar refractivity (Wildman–Crippen MR) is 166 cm³/mol. The number of rotatable bonds is 13. The summed E-state index contributed by atoms with van der Waals surface area (Å²) in [4.78, 5) is 46.2. The van der Waals surface area contributed by atoms with E-state index in [1.54, 1.807) is 22.0 Å². The number of ether oxygens (including phenoxy) is 2. The Bertz CT molecular complexity index is 1410. The Morgan fingerprint density at radius 2 is 1.91 bits per heavy atom. The number of allylic oxidation sites excluding steroid dienone is 1. The minimum absolute atomic E-state index is 0.156. The van der Waals surface area contributed by atoms with Crippen molar-refractivity contribution in [3.63, 3.8) is 0 Å². The van der Waals surface area contributed by atoms with E-state index < -0.39 is 41.1 Å². The smallest absolute Gasteiger partial charge is 0.312 e. The maximum atomic E-state index is 14.9. The third-order valence-corrected chi connectivity index (χ3v) is 9.47. The summed E-state index contributed by atoms with van der Waals surface area (Å²) in [6.07, 6.45) is 6.26. The molecule has 2 unspecified atom stereocenters. The van der Waals surface area contributed by atoms with Gasteiger partial charge in [-0.3, -0.25) is 14.4 Å². The molecule has 1 spiro atoms. The fraction of sp³-hybridized carbons (Fsp3) is 0.514. The van der Waals surface area contributed by atoms with Crippen molar-refractivity contribution in [3.05, 3.63) is 67.8 Å². The molecular weight excluding hydrogens is 544 g/mol. The zero-order chi connectivity index (χ0) is 30.9. The van der Waals surface area contributed by atoms with E-state index >= 15 is 0 Å². The highest BCUT2D eigenvalue weighted by Gasteiger charge is 2.79. The van der Waals surface area contributed by atoms with Gasteiger partial charge in [-0.1, -0.05) is 56.3 Å². The summed E-state index contributed by atoms with van der Waals surface area (Å²) in [5.74, 6) is -2.67. The van der Waals surface area contributed by atoms with E-state index in [1.807, 2.05) is 63.2 Å². The minimum atomic E-state index is -1.21. The Labute approximate surface area is 254 Å². The van der Waals surface area contributed by atoms with Gasteiger partial charge in [0.2, 0.25) is 5.91 Å². The number of anilines is 1. The number of esters is 1. The molecule has 8 nitrogen and oxygen atoms in total. The molecule has 3 aliphatic heterocycles. The first-order chi connectivity index (χ1) is 20.6. The van der Waals surface area contributed by atoms with Gasteiger partial charge in [0.05, 0.1) is 30.8 Å². The van der Waals surface area contributed by atoms with Crippen LogP contribution >= 0.6 is 0 Å². The molecule has 0 saturated carbocycles. The standard InChI is InChI=1S/C35H44N2O6/c1-6-8-11-19-42-33(41)29-28-31(39)37(27(22-38)20-23(3)4)30(35(28)17-16-34(29,5)43-35)32(40)36(18-7-2)26-15-14-24-12-9-10-13-25(24)21-26/h6-7,9-10,12-15,21,23,27-30,38H,1-2,8,11,16-20,22H2,3-5H3/t27-,28+,29-,30?,34+,35?/m1/s1. The number of aliphatic hydroxyl groups excluding tert-OH is 1. The number of unbranched alkanes of at least 4 members (excludes halogenated alkanes) is 1. The summed E-state index contributed by atoms with van der Waals surface area (Å²) >= 11 is 0. The second-order valence-electron chi connectivity index (χ2n) is 12.8. The van der Waals surface area contributed by atoms with Crippen molar-refractivity contribution in [2.24, 2.45) is 17.8 Å². The molecule has 43 heavy (non-hydrogen) atoms. The van der Waals surface area contributed by atoms with Gasteiger partial charge in [0, 0.05) is 12.2 Å². The van der Waals surface area contributed by atoms with E-state index in [0.717, 1.165) is 10.8 Å². The van der Waals surface area contributed by atoms with E-state index in [1.165, 1.54) is 0 Å². The monoisotopic (exact) mass is 588 g/mol. The van der Waals surface area contributed by atoms with Crippen molar-refractivity contribution in [2.75, 3.05) is 24.7 Å². The molecule has 2 amide bonds. The van der Waals surface area contributed by atoms with Gasteiger partial charge in [-0.2, -0.15) is 0 Å². The van der Waals surface area contributed by atoms with Crippen molar-refractivity contribution < 1.29 is 29.0 Å². The summed E-state index contributed by atoms with van der Waals surface area (Å²) < 4.78 is 12.4. The lowest BCUT2D eigenvalue weighted by molar-refractivity contribution is -0.160. The van der Waals surface area contributed by atoms with Gasteiger partial charge >= 0.3 is 5.97 Å². The van der Waals surface area contributed by atoms with Gasteiger partial charge in [0.1, 0.15) is 17.6 Å². The number of nitrogens with zero attached hydrogens (tertiary/aromatic N) is 2. The van der Waals surface area contributed by atoms with Crippen LogP contribution in [0.15, 0.2) is 67.8 Å². The van der Waals surface area contributed by atoms with E-state index in [2.05, 4.69) is 13.2 Å². The quantitative estimate of drug-likeness (QED) is 0.200. The topological polar surface area (TPSA) is 96.4 Å². The van der Waals surface area contributed by atoms with E-state index in [9.17, 15) is 19.5 Å². The fourth-order valence-electron chi connectivity index (χ4n) is 7.65. The molecule has 3 saturated heterocycles. The van der Waals surface area contributed by atoms with Crippen LogP contribution in [0, 0.1) is 17.8 Å². The lowest BCUT2D eigenvalue weighted by Crippen LogP contribution is -2.59. The Morgan fingerprint density at radius 1 is 1.16 bits per heavy atom. The molecule has 0 aliphatic carbocycles. The average Bonchev–Trinajstić information content (AvgIpc) is 3.56. The predicted octanol–water partition coefficient (Wildman–Crippen LogP) is 5.04. The normalized spacial score (nSPS) is 28.3. The maximum absolute atomic E-state index is 14.9. The highest BCUT2D eigenvalue weighted by atomic mass is 16.6. The lowest BCUT2D eigenvalue weighted by Gasteiger charge is -2.40. The summed E-state index contributed by atoms with van der Waals surface area (Å²) in [5, 5.41) is 12.6. The van der Waals surface area contributed by atoms with Crippen molar-refractivity contribution in [1.82, 2.24) is 4.90 Å². The van der Waals surface area contributed by atoms with Gasteiger partial charge in [-0.15, -0.1) is 13.2 Å². The zero-order valence-corrected chi connectivity index (χ0v) is 25.5. The molecule has 0 radical (unpaired) electrons. The molecule has 8 heteroatoms. The molecule has 3 fully saturated rings. The Morgan fingerprint density at radius 3 is 2.58 bits per heavy atom. The van der Waals surface area contributed by atoms with Gasteiger partial charge in [-0.25, -0.2) is 0 Å². The van der Waals surface area contributed by atoms with Crippen LogP contribution in [0.3, 0.4) is 0 Å². The summed E-state index contributed by atoms with van der Waals surface area (Å²) in [5.41, 5.74) is -1.47. The number of fused-ring (bicyclic) bond motifs is 2. The van der Waals surface area contributed by atoms with Crippen molar-refractivity contribution >= 4 is 34.2 Å². The second-order valence-corrected chi connectivity index (χ2v) is 12.8. The number of carbonyl (C=O) groups excluding carboxylic acids is 3. The zero-order valence-electron chi connectivity index (χ0n) is 25.5. The van der Waals surface area contributed by atoms with Crippen molar-refractivity contribution in [3.8, 4) is 0 Å². The molecular formula is C35H44N2O6. The first-order valence-electron chi connectivity index (χ1n) is 15.4. The molecule has 2 bridgehead atoms. The number of amides is 2. The molecule has 230 valence electrons. The van der Waals surface area contributed by atoms with E-state index in [-0.39, 0.29) is 37.5 Å². The third kappa shape index (κ3) is 5.29. The van der Waals surface area contributed by atoms with Gasteiger partial charge in [0.15, 0.2) is 0 Å². The van der Waals surface area contributed by atoms with Crippen molar-refractivity contribution in [2.45, 2.75) is 76.2 Å². The number of likely N-dealkylation sites (tertiary alicyclic amines) is 1. The Kier molecular flexibility index (Phi) is 8.82. The number of hydrogen-bond acceptors (Lipinski definition) is 6. The largest absolute Gasteiger partial charge is 0.465 e. The fourth-order valence-corrected chi connectivity index (χ4v) is 7.65. The molecule has 2 aromatic carbocycles. The minimum Gasteiger partial charge on any atom is -0.465 e. The van der Waals surface area contributed by atoms with Crippen molar-refractivity contribution in [1.29, 1.82) is 0 Å². The molecule has 0 aromatic heterocycles. The molecule has 2 aromatic rings. The molecule has 1 N–H and O–H groups in total. The summed E-state index contributed by atoms with van der Waals surface area (Å²) in [6, 6.07) is 12.1. The maximum Gasteiger partial charge on any atom is 0.312 e. The highest BCUT2D eigenvalue weighted by Crippen LogP contribution is 2.64. The van der Waals surface area contributed by atoms with Crippen LogP contribution in [-0.4, -0.2) is 70.8 Å². The first-order valence-corrected chi connectivity index (χ1v) is 15.4. The lowest BCUT2D eigenvalue weighted by atomic mass is 9.66. The van der Waals surface area contributed by atoms with Crippen LogP contribution in [0.2, 0.25) is 0 Å². The summed E-state index contributed by atoms with van der Waals surface area (Å²) in [6.45, 7) is 13.7. The van der Waals surface area contributed by atoms with Crippen LogP contribution in [-0.2, 0) is 23.9 Å². The van der Waals surface area contributed by atoms with E-state index in [4.69, 9.17) is 9.47 Å². The average molecular weight is 589 g/mol.